The van der Waals surface area contributed by atoms with Gasteiger partial charge >= 0.3 is 6.18 Å². The van der Waals surface area contributed by atoms with Gasteiger partial charge in [0, 0.05) is 6.92 Å². The van der Waals surface area contributed by atoms with E-state index in [1.807, 2.05) is 0 Å². The largest absolute Gasteiger partial charge is 0.467 e. The fourth-order valence-electron chi connectivity index (χ4n) is 2.40. The van der Waals surface area contributed by atoms with Gasteiger partial charge < -0.3 is 4.74 Å². The smallest absolute Gasteiger partial charge is 0.422 e. The Hall–Kier alpha value is -3.23. The van der Waals surface area contributed by atoms with Gasteiger partial charge in [-0.3, -0.25) is 10.1 Å². The molecule has 1 N–H and O–H groups in total. The Balaban J connectivity index is 2.08. The number of hydrogen-bond donors (Lipinski definition) is 1. The van der Waals surface area contributed by atoms with Gasteiger partial charge in [-0.25, -0.2) is 9.37 Å². The van der Waals surface area contributed by atoms with Crippen molar-refractivity contribution in [1.29, 1.82) is 0 Å². The molecule has 0 aliphatic heterocycles. The van der Waals surface area contributed by atoms with Crippen LogP contribution in [0.4, 0.5) is 23.5 Å². The maximum absolute atomic E-state index is 13.1. The Morgan fingerprint density at radius 2 is 1.74 bits per heavy atom. The molecule has 0 fully saturated rings. The summed E-state index contributed by atoms with van der Waals surface area (Å²) < 4.78 is 55.6. The second-order valence-corrected chi connectivity index (χ2v) is 5.68. The van der Waals surface area contributed by atoms with Crippen molar-refractivity contribution in [3.8, 4) is 17.0 Å². The topological polar surface area (TPSA) is 64.1 Å². The van der Waals surface area contributed by atoms with Crippen LogP contribution >= 0.6 is 0 Å². The molecule has 0 saturated carbocycles. The lowest BCUT2D eigenvalue weighted by molar-refractivity contribution is -0.153. The number of carbonyl (C=O) groups excluding carboxylic acids is 1. The van der Waals surface area contributed by atoms with E-state index in [2.05, 4.69) is 15.3 Å². The normalized spacial score (nSPS) is 11.4. The molecule has 0 unspecified atom stereocenters. The number of anilines is 1. The van der Waals surface area contributed by atoms with Crippen LogP contribution in [0.3, 0.4) is 0 Å². The highest BCUT2D eigenvalue weighted by Crippen LogP contribution is 2.30. The van der Waals surface area contributed by atoms with Gasteiger partial charge in [0.05, 0.1) is 10.9 Å². The zero-order valence-corrected chi connectivity index (χ0v) is 14.0. The SMILES string of the molecule is CC(=O)Nc1nc(OCC(F)(F)F)c2cc(-c3ccc(F)cc3)ccc2n1. The van der Waals surface area contributed by atoms with Gasteiger partial charge in [-0.2, -0.15) is 18.2 Å². The molecule has 0 saturated heterocycles. The zero-order valence-electron chi connectivity index (χ0n) is 14.0. The monoisotopic (exact) mass is 379 g/mol. The number of nitrogens with one attached hydrogen (secondary N) is 1. The summed E-state index contributed by atoms with van der Waals surface area (Å²) >= 11 is 0. The third kappa shape index (κ3) is 4.69. The molecule has 0 bridgehead atoms. The summed E-state index contributed by atoms with van der Waals surface area (Å²) in [6.07, 6.45) is -4.56. The summed E-state index contributed by atoms with van der Waals surface area (Å²) in [5, 5.41) is 2.55. The highest BCUT2D eigenvalue weighted by molar-refractivity contribution is 5.92. The lowest BCUT2D eigenvalue weighted by Gasteiger charge is -2.13. The summed E-state index contributed by atoms with van der Waals surface area (Å²) in [6, 6.07) is 10.4. The number of carbonyl (C=O) groups is 1. The van der Waals surface area contributed by atoms with Crippen molar-refractivity contribution < 1.29 is 27.1 Å². The average molecular weight is 379 g/mol. The van der Waals surface area contributed by atoms with E-state index in [4.69, 9.17) is 4.74 Å². The number of fused-ring (bicyclic) bond motifs is 1. The maximum atomic E-state index is 13.1. The van der Waals surface area contributed by atoms with Crippen molar-refractivity contribution >= 4 is 22.8 Å². The lowest BCUT2D eigenvalue weighted by Crippen LogP contribution is -2.20. The fraction of sp³-hybridized carbons (Fsp3) is 0.167. The molecular formula is C18H13F4N3O2. The minimum absolute atomic E-state index is 0.165. The van der Waals surface area contributed by atoms with Crippen LogP contribution in [0.1, 0.15) is 6.92 Å². The van der Waals surface area contributed by atoms with Crippen LogP contribution in [0.5, 0.6) is 5.88 Å². The summed E-state index contributed by atoms with van der Waals surface area (Å²) in [6.45, 7) is -0.319. The number of alkyl halides is 3. The minimum Gasteiger partial charge on any atom is -0.467 e. The van der Waals surface area contributed by atoms with Gasteiger partial charge in [-0.15, -0.1) is 0 Å². The molecule has 1 heterocycles. The molecule has 27 heavy (non-hydrogen) atoms. The van der Waals surface area contributed by atoms with E-state index in [1.54, 1.807) is 30.3 Å². The molecule has 0 aliphatic carbocycles. The number of ether oxygens (including phenoxy) is 1. The molecule has 0 radical (unpaired) electrons. The van der Waals surface area contributed by atoms with Gasteiger partial charge in [0.1, 0.15) is 5.82 Å². The van der Waals surface area contributed by atoms with Crippen molar-refractivity contribution in [2.75, 3.05) is 11.9 Å². The van der Waals surface area contributed by atoms with Crippen molar-refractivity contribution in [2.45, 2.75) is 13.1 Å². The first kappa shape index (κ1) is 18.6. The summed E-state index contributed by atoms with van der Waals surface area (Å²) in [5.41, 5.74) is 1.57. The van der Waals surface area contributed by atoms with Gasteiger partial charge in [0.25, 0.3) is 0 Å². The van der Waals surface area contributed by atoms with E-state index in [0.717, 1.165) is 0 Å². The van der Waals surface area contributed by atoms with Crippen molar-refractivity contribution in [3.63, 3.8) is 0 Å². The predicted octanol–water partition coefficient (Wildman–Crippen LogP) is 4.34. The molecule has 0 atom stereocenters. The minimum atomic E-state index is -4.56. The molecule has 2 aromatic carbocycles. The first-order chi connectivity index (χ1) is 12.7. The highest BCUT2D eigenvalue weighted by Gasteiger charge is 2.29. The van der Waals surface area contributed by atoms with E-state index in [0.29, 0.717) is 11.1 Å². The van der Waals surface area contributed by atoms with Crippen LogP contribution in [0.2, 0.25) is 0 Å². The fourth-order valence-corrected chi connectivity index (χ4v) is 2.40. The molecule has 0 spiro atoms. The van der Waals surface area contributed by atoms with Crippen molar-refractivity contribution in [1.82, 2.24) is 9.97 Å². The summed E-state index contributed by atoms with van der Waals surface area (Å²) in [4.78, 5) is 19.2. The molecule has 140 valence electrons. The average Bonchev–Trinajstić information content (AvgIpc) is 2.59. The maximum Gasteiger partial charge on any atom is 0.422 e. The summed E-state index contributed by atoms with van der Waals surface area (Å²) in [7, 11) is 0. The zero-order chi connectivity index (χ0) is 19.6. The third-order valence-electron chi connectivity index (χ3n) is 3.50. The summed E-state index contributed by atoms with van der Waals surface area (Å²) in [5.74, 6) is -1.36. The van der Waals surface area contributed by atoms with Crippen LogP contribution in [-0.4, -0.2) is 28.7 Å². The predicted molar refractivity (Wildman–Crippen MR) is 90.8 cm³/mol. The van der Waals surface area contributed by atoms with Crippen LogP contribution < -0.4 is 10.1 Å². The van der Waals surface area contributed by atoms with E-state index >= 15 is 0 Å². The van der Waals surface area contributed by atoms with Gasteiger partial charge in [-0.05, 0) is 35.4 Å². The Morgan fingerprint density at radius 3 is 2.37 bits per heavy atom. The van der Waals surface area contributed by atoms with Gasteiger partial charge in [0.2, 0.25) is 17.7 Å². The number of hydrogen-bond acceptors (Lipinski definition) is 4. The van der Waals surface area contributed by atoms with Crippen molar-refractivity contribution in [2.24, 2.45) is 0 Å². The standard InChI is InChI=1S/C18H13F4N3O2/c1-10(26)23-17-24-15-7-4-12(11-2-5-13(19)6-3-11)8-14(15)16(25-17)27-9-18(20,21)22/h2-8H,9H2,1H3,(H,23,24,25,26). The highest BCUT2D eigenvalue weighted by atomic mass is 19.4. The molecule has 5 nitrogen and oxygen atoms in total. The second-order valence-electron chi connectivity index (χ2n) is 5.68. The molecule has 1 aromatic heterocycles. The number of aromatic nitrogens is 2. The van der Waals surface area contributed by atoms with Crippen LogP contribution in [-0.2, 0) is 4.79 Å². The lowest BCUT2D eigenvalue weighted by atomic mass is 10.0. The molecular weight excluding hydrogens is 366 g/mol. The number of rotatable bonds is 4. The number of halogens is 4. The molecule has 1 amide bonds. The van der Waals surface area contributed by atoms with Gasteiger partial charge in [0.15, 0.2) is 6.61 Å². The van der Waals surface area contributed by atoms with Crippen molar-refractivity contribution in [3.05, 3.63) is 48.3 Å². The quantitative estimate of drug-likeness (QED) is 0.685. The number of nitrogens with zero attached hydrogens (tertiary/aromatic N) is 2. The Morgan fingerprint density at radius 1 is 1.07 bits per heavy atom. The van der Waals surface area contributed by atoms with Crippen LogP contribution in [0.25, 0.3) is 22.0 Å². The first-order valence-electron chi connectivity index (χ1n) is 7.76. The molecule has 3 aromatic rings. The molecule has 9 heteroatoms. The molecule has 3 rings (SSSR count). The van der Waals surface area contributed by atoms with Gasteiger partial charge in [-0.1, -0.05) is 18.2 Å². The van der Waals surface area contributed by atoms with E-state index in [-0.39, 0.29) is 22.7 Å². The second kappa shape index (κ2) is 7.18. The Kier molecular flexibility index (Phi) is 4.93. The van der Waals surface area contributed by atoms with Crippen LogP contribution in [0.15, 0.2) is 42.5 Å². The van der Waals surface area contributed by atoms with Crippen LogP contribution in [0, 0.1) is 5.82 Å². The van der Waals surface area contributed by atoms with E-state index in [1.165, 1.54) is 19.1 Å². The molecule has 0 aliphatic rings. The number of benzene rings is 2. The first-order valence-corrected chi connectivity index (χ1v) is 7.76. The number of amides is 1. The Labute approximate surface area is 151 Å². The van der Waals surface area contributed by atoms with E-state index in [9.17, 15) is 22.4 Å². The Bertz CT molecular complexity index is 988. The van der Waals surface area contributed by atoms with E-state index < -0.39 is 24.5 Å². The third-order valence-corrected chi connectivity index (χ3v) is 3.50.